The molecule has 0 unspecified atom stereocenters. The molecule has 0 aliphatic rings. The molecule has 4 heteroatoms. The third-order valence-electron chi connectivity index (χ3n) is 4.43. The van der Waals surface area contributed by atoms with Gasteiger partial charge in [0.25, 0.3) is 0 Å². The van der Waals surface area contributed by atoms with Crippen molar-refractivity contribution in [3.05, 3.63) is 55.8 Å². The second-order valence-electron chi connectivity index (χ2n) is 5.88. The SMILES string of the molecule is Cc1cc(=O)c2c(C)c3[nH]c4ccc(Br)cc4c3c(C)c2[nH]1. The number of benzene rings is 2. The minimum absolute atomic E-state index is 0.0774. The minimum atomic E-state index is 0.0774. The van der Waals surface area contributed by atoms with E-state index < -0.39 is 0 Å². The topological polar surface area (TPSA) is 48.6 Å². The molecule has 110 valence electrons. The van der Waals surface area contributed by atoms with Gasteiger partial charge in [0.05, 0.1) is 16.4 Å². The maximum atomic E-state index is 12.4. The molecule has 0 bridgehead atoms. The molecule has 2 heterocycles. The Hall–Kier alpha value is -2.07. The third-order valence-corrected chi connectivity index (χ3v) is 4.92. The molecule has 3 nitrogen and oxygen atoms in total. The standard InChI is InChI=1S/C18H15BrN2O/c1-8-6-14(22)16-10(3)17-15(9(2)18(16)20-8)12-7-11(19)4-5-13(12)21-17/h4-7,21H,1-3H3,(H,20,22). The van der Waals surface area contributed by atoms with Crippen molar-refractivity contribution < 1.29 is 0 Å². The summed E-state index contributed by atoms with van der Waals surface area (Å²) < 4.78 is 1.05. The zero-order valence-corrected chi connectivity index (χ0v) is 14.2. The molecule has 0 atom stereocenters. The van der Waals surface area contributed by atoms with E-state index in [1.807, 2.05) is 19.9 Å². The van der Waals surface area contributed by atoms with Crippen LogP contribution in [0.2, 0.25) is 0 Å². The lowest BCUT2D eigenvalue weighted by molar-refractivity contribution is 1.23. The summed E-state index contributed by atoms with van der Waals surface area (Å²) in [7, 11) is 0. The van der Waals surface area contributed by atoms with Crippen molar-refractivity contribution >= 4 is 48.6 Å². The highest BCUT2D eigenvalue weighted by atomic mass is 79.9. The summed E-state index contributed by atoms with van der Waals surface area (Å²) in [6.07, 6.45) is 0. The van der Waals surface area contributed by atoms with Crippen LogP contribution >= 0.6 is 15.9 Å². The third kappa shape index (κ3) is 1.70. The van der Waals surface area contributed by atoms with Crippen LogP contribution in [0.4, 0.5) is 0 Å². The Morgan fingerprint density at radius 2 is 1.59 bits per heavy atom. The minimum Gasteiger partial charge on any atom is -0.358 e. The smallest absolute Gasteiger partial charge is 0.189 e. The highest BCUT2D eigenvalue weighted by Gasteiger charge is 2.16. The Balaban J connectivity index is 2.38. The van der Waals surface area contributed by atoms with Gasteiger partial charge in [0.15, 0.2) is 5.43 Å². The Morgan fingerprint density at radius 3 is 2.36 bits per heavy atom. The lowest BCUT2D eigenvalue weighted by atomic mass is 9.98. The molecule has 0 spiro atoms. The van der Waals surface area contributed by atoms with Crippen LogP contribution in [0.25, 0.3) is 32.7 Å². The predicted molar refractivity (Wildman–Crippen MR) is 95.8 cm³/mol. The molecular weight excluding hydrogens is 340 g/mol. The van der Waals surface area contributed by atoms with Gasteiger partial charge in [0.1, 0.15) is 0 Å². The molecular formula is C18H15BrN2O. The van der Waals surface area contributed by atoms with Crippen LogP contribution < -0.4 is 5.43 Å². The average molecular weight is 355 g/mol. The van der Waals surface area contributed by atoms with Crippen molar-refractivity contribution in [3.8, 4) is 0 Å². The fourth-order valence-electron chi connectivity index (χ4n) is 3.43. The van der Waals surface area contributed by atoms with Crippen LogP contribution in [-0.2, 0) is 0 Å². The highest BCUT2D eigenvalue weighted by molar-refractivity contribution is 9.10. The molecule has 0 aliphatic heterocycles. The monoisotopic (exact) mass is 354 g/mol. The molecule has 22 heavy (non-hydrogen) atoms. The summed E-state index contributed by atoms with van der Waals surface area (Å²) in [6.45, 7) is 6.01. The van der Waals surface area contributed by atoms with Gasteiger partial charge in [-0.25, -0.2) is 0 Å². The largest absolute Gasteiger partial charge is 0.358 e. The summed E-state index contributed by atoms with van der Waals surface area (Å²) in [4.78, 5) is 19.3. The molecule has 4 aromatic rings. The maximum Gasteiger partial charge on any atom is 0.189 e. The number of pyridine rings is 1. The number of aryl methyl sites for hydroxylation is 3. The number of rotatable bonds is 0. The summed E-state index contributed by atoms with van der Waals surface area (Å²) in [5.41, 5.74) is 6.16. The van der Waals surface area contributed by atoms with Gasteiger partial charge in [-0.05, 0) is 50.1 Å². The first kappa shape index (κ1) is 13.6. The Labute approximate surface area is 135 Å². The van der Waals surface area contributed by atoms with Crippen LogP contribution in [-0.4, -0.2) is 9.97 Å². The van der Waals surface area contributed by atoms with Crippen LogP contribution in [0.5, 0.6) is 0 Å². The van der Waals surface area contributed by atoms with Gasteiger partial charge in [-0.15, -0.1) is 0 Å². The first-order valence-electron chi connectivity index (χ1n) is 7.21. The molecule has 0 fully saturated rings. The molecule has 2 aromatic carbocycles. The number of aromatic amines is 2. The first-order chi connectivity index (χ1) is 10.5. The van der Waals surface area contributed by atoms with Gasteiger partial charge in [-0.3, -0.25) is 4.79 Å². The molecule has 0 saturated heterocycles. The second kappa shape index (κ2) is 4.46. The molecule has 0 aliphatic carbocycles. The Bertz CT molecular complexity index is 1140. The second-order valence-corrected chi connectivity index (χ2v) is 6.80. The number of hydrogen-bond acceptors (Lipinski definition) is 1. The van der Waals surface area contributed by atoms with Gasteiger partial charge in [-0.2, -0.15) is 0 Å². The summed E-state index contributed by atoms with van der Waals surface area (Å²) in [5.74, 6) is 0. The average Bonchev–Trinajstić information content (AvgIpc) is 2.83. The first-order valence-corrected chi connectivity index (χ1v) is 8.00. The number of H-pyrrole nitrogens is 2. The fourth-order valence-corrected chi connectivity index (χ4v) is 3.79. The van der Waals surface area contributed by atoms with Gasteiger partial charge in [-0.1, -0.05) is 15.9 Å². The lowest BCUT2D eigenvalue weighted by Gasteiger charge is -2.09. The molecule has 0 radical (unpaired) electrons. The number of hydrogen-bond donors (Lipinski definition) is 2. The fraction of sp³-hybridized carbons (Fsp3) is 0.167. The molecule has 2 aromatic heterocycles. The maximum absolute atomic E-state index is 12.4. The van der Waals surface area contributed by atoms with Crippen molar-refractivity contribution in [2.24, 2.45) is 0 Å². The predicted octanol–water partition coefficient (Wildman–Crippen LogP) is 4.85. The van der Waals surface area contributed by atoms with Crippen molar-refractivity contribution in [2.75, 3.05) is 0 Å². The van der Waals surface area contributed by atoms with Crippen LogP contribution in [0.15, 0.2) is 33.5 Å². The van der Waals surface area contributed by atoms with Gasteiger partial charge in [0, 0.05) is 32.5 Å². The van der Waals surface area contributed by atoms with E-state index in [0.717, 1.165) is 43.2 Å². The van der Waals surface area contributed by atoms with Gasteiger partial charge in [0.2, 0.25) is 0 Å². The van der Waals surface area contributed by atoms with Crippen LogP contribution in [0.3, 0.4) is 0 Å². The van der Waals surface area contributed by atoms with Crippen molar-refractivity contribution in [3.63, 3.8) is 0 Å². The van der Waals surface area contributed by atoms with Crippen LogP contribution in [0, 0.1) is 20.8 Å². The molecule has 2 N–H and O–H groups in total. The molecule has 4 rings (SSSR count). The van der Waals surface area contributed by atoms with Gasteiger partial charge < -0.3 is 9.97 Å². The number of aromatic nitrogens is 2. The summed E-state index contributed by atoms with van der Waals surface area (Å²) >= 11 is 3.55. The zero-order chi connectivity index (χ0) is 15.6. The number of nitrogens with one attached hydrogen (secondary N) is 2. The lowest BCUT2D eigenvalue weighted by Crippen LogP contribution is -2.06. The number of halogens is 1. The van der Waals surface area contributed by atoms with Crippen molar-refractivity contribution in [1.29, 1.82) is 0 Å². The number of fused-ring (bicyclic) bond motifs is 4. The van der Waals surface area contributed by atoms with E-state index in [2.05, 4.69) is 45.0 Å². The Kier molecular flexibility index (Phi) is 2.76. The van der Waals surface area contributed by atoms with E-state index in [9.17, 15) is 4.79 Å². The quantitative estimate of drug-likeness (QED) is 0.465. The van der Waals surface area contributed by atoms with Crippen molar-refractivity contribution in [1.82, 2.24) is 9.97 Å². The van der Waals surface area contributed by atoms with Crippen molar-refractivity contribution in [2.45, 2.75) is 20.8 Å². The molecule has 0 amide bonds. The Morgan fingerprint density at radius 1 is 0.909 bits per heavy atom. The molecule has 0 saturated carbocycles. The zero-order valence-electron chi connectivity index (χ0n) is 12.6. The van der Waals surface area contributed by atoms with Crippen LogP contribution in [0.1, 0.15) is 16.8 Å². The van der Waals surface area contributed by atoms with E-state index in [0.29, 0.717) is 0 Å². The van der Waals surface area contributed by atoms with Gasteiger partial charge >= 0.3 is 0 Å². The summed E-state index contributed by atoms with van der Waals surface area (Å²) in [6, 6.07) is 7.88. The van der Waals surface area contributed by atoms with E-state index >= 15 is 0 Å². The van der Waals surface area contributed by atoms with E-state index in [-0.39, 0.29) is 5.43 Å². The summed E-state index contributed by atoms with van der Waals surface area (Å²) in [5, 5.41) is 3.14. The van der Waals surface area contributed by atoms with E-state index in [4.69, 9.17) is 0 Å². The highest BCUT2D eigenvalue weighted by Crippen LogP contribution is 2.35. The van der Waals surface area contributed by atoms with E-state index in [1.165, 1.54) is 10.8 Å². The van der Waals surface area contributed by atoms with E-state index in [1.54, 1.807) is 6.07 Å². The normalized spacial score (nSPS) is 11.8.